The zero-order valence-corrected chi connectivity index (χ0v) is 18.3. The number of hydrogen-bond donors (Lipinski definition) is 0. The molecule has 0 saturated carbocycles. The monoisotopic (exact) mass is 475 g/mol. The first kappa shape index (κ1) is 18.0. The molecule has 0 aliphatic carbocycles. The number of thiophene rings is 2. The van der Waals surface area contributed by atoms with Gasteiger partial charge in [0.1, 0.15) is 0 Å². The van der Waals surface area contributed by atoms with Crippen molar-refractivity contribution in [3.63, 3.8) is 0 Å². The molecule has 0 amide bonds. The van der Waals surface area contributed by atoms with Gasteiger partial charge in [-0.15, -0.1) is 22.7 Å². The topological polar surface area (TPSA) is 4.93 Å². The molecule has 0 unspecified atom stereocenters. The zero-order chi connectivity index (χ0) is 16.2. The summed E-state index contributed by atoms with van der Waals surface area (Å²) >= 11 is 11.0. The van der Waals surface area contributed by atoms with Crippen molar-refractivity contribution in [3.05, 3.63) is 19.7 Å². The van der Waals surface area contributed by atoms with E-state index in [1.807, 2.05) is 22.7 Å². The number of rotatable bonds is 9. The molecule has 0 saturated heterocycles. The molecule has 3 rings (SSSR count). The molecule has 3 heterocycles. The number of aromatic nitrogens is 1. The molecule has 0 N–H and O–H groups in total. The van der Waals surface area contributed by atoms with Crippen molar-refractivity contribution < 1.29 is 0 Å². The predicted molar refractivity (Wildman–Crippen MR) is 113 cm³/mol. The van der Waals surface area contributed by atoms with E-state index in [2.05, 4.69) is 55.5 Å². The Hall–Kier alpha value is 0.160. The number of unbranched alkanes of at least 4 members (excludes halogenated alkanes) is 7. The van der Waals surface area contributed by atoms with Gasteiger partial charge in [-0.3, -0.25) is 0 Å². The van der Waals surface area contributed by atoms with Gasteiger partial charge in [0.2, 0.25) is 0 Å². The maximum atomic E-state index is 3.65. The molecule has 0 aromatic carbocycles. The van der Waals surface area contributed by atoms with Crippen molar-refractivity contribution in [1.82, 2.24) is 4.57 Å². The molecule has 3 aromatic rings. The average molecular weight is 477 g/mol. The maximum absolute atomic E-state index is 3.65. The van der Waals surface area contributed by atoms with Crippen LogP contribution in [0, 0.1) is 0 Å². The van der Waals surface area contributed by atoms with Crippen LogP contribution in [-0.4, -0.2) is 4.57 Å². The SMILES string of the molecule is CCCCCCCCCCn1c2cc(Br)sc2c2sc(Br)cc21. The first-order chi connectivity index (χ1) is 11.2. The lowest BCUT2D eigenvalue weighted by Crippen LogP contribution is -1.96. The fraction of sp³-hybridized carbons (Fsp3) is 0.556. The van der Waals surface area contributed by atoms with E-state index in [-0.39, 0.29) is 0 Å². The van der Waals surface area contributed by atoms with Crippen LogP contribution < -0.4 is 0 Å². The van der Waals surface area contributed by atoms with Crippen molar-refractivity contribution in [2.75, 3.05) is 0 Å². The molecule has 3 aromatic heterocycles. The van der Waals surface area contributed by atoms with Gasteiger partial charge in [0, 0.05) is 6.54 Å². The molecule has 0 fully saturated rings. The van der Waals surface area contributed by atoms with Gasteiger partial charge < -0.3 is 4.57 Å². The van der Waals surface area contributed by atoms with Crippen molar-refractivity contribution in [1.29, 1.82) is 0 Å². The summed E-state index contributed by atoms with van der Waals surface area (Å²) in [6.07, 6.45) is 11.0. The first-order valence-electron chi connectivity index (χ1n) is 8.57. The van der Waals surface area contributed by atoms with Crippen molar-refractivity contribution in [2.24, 2.45) is 0 Å². The normalized spacial score (nSPS) is 12.0. The molecule has 0 aliphatic heterocycles. The zero-order valence-electron chi connectivity index (χ0n) is 13.5. The Kier molecular flexibility index (Phi) is 6.64. The van der Waals surface area contributed by atoms with Crippen LogP contribution in [0.2, 0.25) is 0 Å². The van der Waals surface area contributed by atoms with E-state index in [4.69, 9.17) is 0 Å². The minimum atomic E-state index is 1.14. The number of halogens is 2. The third kappa shape index (κ3) is 4.23. The highest BCUT2D eigenvalue weighted by Crippen LogP contribution is 2.43. The number of fused-ring (bicyclic) bond motifs is 3. The maximum Gasteiger partial charge on any atom is 0.0726 e. The molecule has 0 spiro atoms. The second-order valence-electron chi connectivity index (χ2n) is 6.16. The summed E-state index contributed by atoms with van der Waals surface area (Å²) in [6, 6.07) is 4.57. The molecule has 0 atom stereocenters. The van der Waals surface area contributed by atoms with E-state index in [9.17, 15) is 0 Å². The van der Waals surface area contributed by atoms with Crippen LogP contribution in [0.15, 0.2) is 19.7 Å². The largest absolute Gasteiger partial charge is 0.339 e. The van der Waals surface area contributed by atoms with Gasteiger partial charge in [-0.25, -0.2) is 0 Å². The minimum absolute atomic E-state index is 1.14. The van der Waals surface area contributed by atoms with Crippen molar-refractivity contribution >= 4 is 75.0 Å². The Morgan fingerprint density at radius 1 is 0.783 bits per heavy atom. The first-order valence-corrected chi connectivity index (χ1v) is 11.8. The molecule has 126 valence electrons. The Morgan fingerprint density at radius 3 is 1.78 bits per heavy atom. The van der Waals surface area contributed by atoms with E-state index >= 15 is 0 Å². The summed E-state index contributed by atoms with van der Waals surface area (Å²) in [6.45, 7) is 3.42. The molecular formula is C18H23Br2NS2. The standard InChI is InChI=1S/C18H23Br2NS2/c1-2-3-4-5-6-7-8-9-10-21-13-11-15(19)22-17(13)18-14(21)12-16(20)23-18/h11-12H,2-10H2,1H3. The minimum Gasteiger partial charge on any atom is -0.339 e. The lowest BCUT2D eigenvalue weighted by atomic mass is 10.1. The average Bonchev–Trinajstić information content (AvgIpc) is 3.14. The summed E-state index contributed by atoms with van der Waals surface area (Å²) < 4.78 is 7.85. The van der Waals surface area contributed by atoms with E-state index in [0.29, 0.717) is 0 Å². The third-order valence-electron chi connectivity index (χ3n) is 4.39. The van der Waals surface area contributed by atoms with Gasteiger partial charge in [0.15, 0.2) is 0 Å². The molecule has 1 nitrogen and oxygen atoms in total. The van der Waals surface area contributed by atoms with Gasteiger partial charge in [-0.05, 0) is 50.4 Å². The Balaban J connectivity index is 1.60. The van der Waals surface area contributed by atoms with Gasteiger partial charge in [-0.2, -0.15) is 0 Å². The third-order valence-corrected chi connectivity index (χ3v) is 7.81. The highest BCUT2D eigenvalue weighted by atomic mass is 79.9. The van der Waals surface area contributed by atoms with Crippen molar-refractivity contribution in [2.45, 2.75) is 64.8 Å². The highest BCUT2D eigenvalue weighted by Gasteiger charge is 2.16. The van der Waals surface area contributed by atoms with Gasteiger partial charge in [0.25, 0.3) is 0 Å². The van der Waals surface area contributed by atoms with E-state index < -0.39 is 0 Å². The van der Waals surface area contributed by atoms with Crippen LogP contribution in [0.1, 0.15) is 58.3 Å². The number of aryl methyl sites for hydroxylation is 1. The van der Waals surface area contributed by atoms with Crippen LogP contribution in [0.25, 0.3) is 20.4 Å². The predicted octanol–water partition coefficient (Wildman–Crippen LogP) is 8.58. The van der Waals surface area contributed by atoms with Crippen molar-refractivity contribution in [3.8, 4) is 0 Å². The lowest BCUT2D eigenvalue weighted by molar-refractivity contribution is 0.553. The molecule has 5 heteroatoms. The quantitative estimate of drug-likeness (QED) is 0.272. The molecule has 0 aliphatic rings. The van der Waals surface area contributed by atoms with Crippen LogP contribution in [-0.2, 0) is 6.54 Å². The Labute approximate surface area is 163 Å². The molecular weight excluding hydrogens is 454 g/mol. The molecule has 0 bridgehead atoms. The van der Waals surface area contributed by atoms with E-state index in [1.54, 1.807) is 0 Å². The summed E-state index contributed by atoms with van der Waals surface area (Å²) in [5.74, 6) is 0. The lowest BCUT2D eigenvalue weighted by Gasteiger charge is -2.06. The summed E-state index contributed by atoms with van der Waals surface area (Å²) in [7, 11) is 0. The second kappa shape index (κ2) is 8.50. The highest BCUT2D eigenvalue weighted by molar-refractivity contribution is 9.11. The smallest absolute Gasteiger partial charge is 0.0726 e. The van der Waals surface area contributed by atoms with Gasteiger partial charge >= 0.3 is 0 Å². The van der Waals surface area contributed by atoms with E-state index in [0.717, 1.165) is 6.54 Å². The summed E-state index contributed by atoms with van der Waals surface area (Å²) in [4.78, 5) is 0. The summed E-state index contributed by atoms with van der Waals surface area (Å²) in [5, 5.41) is 0. The Bertz CT molecular complexity index is 715. The fourth-order valence-corrected chi connectivity index (χ4v) is 6.53. The fourth-order valence-electron chi connectivity index (χ4n) is 3.21. The van der Waals surface area contributed by atoms with Gasteiger partial charge in [-0.1, -0.05) is 51.9 Å². The summed E-state index contributed by atoms with van der Waals surface area (Å²) in [5.41, 5.74) is 2.80. The van der Waals surface area contributed by atoms with Crippen LogP contribution in [0.5, 0.6) is 0 Å². The second-order valence-corrected chi connectivity index (χ2v) is 11.0. The number of nitrogens with zero attached hydrogens (tertiary/aromatic N) is 1. The Morgan fingerprint density at radius 2 is 1.26 bits per heavy atom. The molecule has 0 radical (unpaired) electrons. The van der Waals surface area contributed by atoms with E-state index in [1.165, 1.54) is 79.4 Å². The van der Waals surface area contributed by atoms with Crippen LogP contribution in [0.3, 0.4) is 0 Å². The van der Waals surface area contributed by atoms with Crippen LogP contribution >= 0.6 is 54.5 Å². The molecule has 23 heavy (non-hydrogen) atoms. The van der Waals surface area contributed by atoms with Gasteiger partial charge in [0.05, 0.1) is 28.0 Å². The number of hydrogen-bond acceptors (Lipinski definition) is 2. The van der Waals surface area contributed by atoms with Crippen LogP contribution in [0.4, 0.5) is 0 Å².